The number of nitrogens with zero attached hydrogens (tertiary/aromatic N) is 3. The number of para-hydroxylation sites is 1. The van der Waals surface area contributed by atoms with Crippen LogP contribution in [0.1, 0.15) is 0 Å². The van der Waals surface area contributed by atoms with Gasteiger partial charge in [0.2, 0.25) is 0 Å². The van der Waals surface area contributed by atoms with E-state index in [0.717, 1.165) is 38.2 Å². The van der Waals surface area contributed by atoms with Gasteiger partial charge >= 0.3 is 0 Å². The lowest BCUT2D eigenvalue weighted by Gasteiger charge is -2.07. The minimum atomic E-state index is 0.920. The van der Waals surface area contributed by atoms with Gasteiger partial charge in [-0.05, 0) is 35.7 Å². The SMILES string of the molecule is c1ccc2nc3ccc4c(ccc5nccnc54)c3cc2c1. The summed E-state index contributed by atoms with van der Waals surface area (Å²) in [5.74, 6) is 0. The molecule has 0 saturated carbocycles. The number of aromatic nitrogens is 3. The van der Waals surface area contributed by atoms with Crippen LogP contribution in [0, 0.1) is 0 Å². The van der Waals surface area contributed by atoms with E-state index in [1.54, 1.807) is 12.4 Å². The number of hydrogen-bond donors (Lipinski definition) is 0. The molecule has 0 aliphatic heterocycles. The molecule has 0 aliphatic carbocycles. The summed E-state index contributed by atoms with van der Waals surface area (Å²) in [5.41, 5.74) is 3.89. The zero-order valence-corrected chi connectivity index (χ0v) is 11.7. The summed E-state index contributed by atoms with van der Waals surface area (Å²) in [4.78, 5) is 13.7. The average Bonchev–Trinajstić information content (AvgIpc) is 2.59. The van der Waals surface area contributed by atoms with Gasteiger partial charge in [-0.25, -0.2) is 4.98 Å². The predicted molar refractivity (Wildman–Crippen MR) is 89.9 cm³/mol. The minimum Gasteiger partial charge on any atom is -0.253 e. The van der Waals surface area contributed by atoms with Crippen LogP contribution in [0.3, 0.4) is 0 Å². The molecular formula is C19H11N3. The summed E-state index contributed by atoms with van der Waals surface area (Å²) < 4.78 is 0. The van der Waals surface area contributed by atoms with Gasteiger partial charge in [0, 0.05) is 28.6 Å². The molecule has 5 aromatic rings. The first-order valence-corrected chi connectivity index (χ1v) is 7.22. The molecule has 0 unspecified atom stereocenters. The third-order valence-electron chi connectivity index (χ3n) is 4.13. The van der Waals surface area contributed by atoms with Crippen LogP contribution in [0.5, 0.6) is 0 Å². The van der Waals surface area contributed by atoms with E-state index in [9.17, 15) is 0 Å². The highest BCUT2D eigenvalue weighted by molar-refractivity contribution is 6.16. The second kappa shape index (κ2) is 4.21. The summed E-state index contributed by atoms with van der Waals surface area (Å²) >= 11 is 0. The third-order valence-corrected chi connectivity index (χ3v) is 4.13. The van der Waals surface area contributed by atoms with Crippen LogP contribution in [0.15, 0.2) is 67.0 Å². The van der Waals surface area contributed by atoms with Gasteiger partial charge < -0.3 is 0 Å². The molecule has 3 aromatic carbocycles. The highest BCUT2D eigenvalue weighted by Crippen LogP contribution is 2.30. The molecule has 3 heteroatoms. The fourth-order valence-electron chi connectivity index (χ4n) is 3.10. The molecule has 0 atom stereocenters. The zero-order chi connectivity index (χ0) is 14.5. The molecule has 22 heavy (non-hydrogen) atoms. The highest BCUT2D eigenvalue weighted by Gasteiger charge is 2.07. The van der Waals surface area contributed by atoms with Crippen molar-refractivity contribution in [3.8, 4) is 0 Å². The fraction of sp³-hybridized carbons (Fsp3) is 0. The first-order chi connectivity index (χ1) is 10.9. The average molecular weight is 281 g/mol. The van der Waals surface area contributed by atoms with E-state index in [1.165, 1.54) is 5.39 Å². The molecule has 2 aromatic heterocycles. The normalized spacial score (nSPS) is 11.6. The van der Waals surface area contributed by atoms with E-state index >= 15 is 0 Å². The van der Waals surface area contributed by atoms with Crippen LogP contribution < -0.4 is 0 Å². The van der Waals surface area contributed by atoms with E-state index in [-0.39, 0.29) is 0 Å². The molecule has 0 N–H and O–H groups in total. The second-order valence-electron chi connectivity index (χ2n) is 5.40. The Morgan fingerprint density at radius 1 is 0.591 bits per heavy atom. The van der Waals surface area contributed by atoms with Crippen molar-refractivity contribution in [2.24, 2.45) is 0 Å². The van der Waals surface area contributed by atoms with Crippen molar-refractivity contribution in [1.82, 2.24) is 15.0 Å². The molecule has 0 saturated heterocycles. The smallest absolute Gasteiger partial charge is 0.0965 e. The van der Waals surface area contributed by atoms with Crippen molar-refractivity contribution >= 4 is 43.6 Å². The Bertz CT molecular complexity index is 1170. The van der Waals surface area contributed by atoms with Crippen LogP contribution in [-0.2, 0) is 0 Å². The van der Waals surface area contributed by atoms with Crippen LogP contribution >= 0.6 is 0 Å². The van der Waals surface area contributed by atoms with Gasteiger partial charge in [-0.3, -0.25) is 9.97 Å². The molecule has 0 spiro atoms. The summed E-state index contributed by atoms with van der Waals surface area (Å²) in [5, 5.41) is 4.60. The van der Waals surface area contributed by atoms with E-state index in [2.05, 4.69) is 40.3 Å². The van der Waals surface area contributed by atoms with Crippen molar-refractivity contribution in [2.45, 2.75) is 0 Å². The summed E-state index contributed by atoms with van der Waals surface area (Å²) in [6.07, 6.45) is 3.47. The molecule has 0 aliphatic rings. The maximum atomic E-state index is 4.77. The van der Waals surface area contributed by atoms with E-state index in [1.807, 2.05) is 24.3 Å². The zero-order valence-electron chi connectivity index (χ0n) is 11.7. The Balaban J connectivity index is 2.02. The Hall–Kier alpha value is -3.07. The fourth-order valence-corrected chi connectivity index (χ4v) is 3.10. The first kappa shape index (κ1) is 11.6. The molecule has 3 nitrogen and oxygen atoms in total. The largest absolute Gasteiger partial charge is 0.253 e. The minimum absolute atomic E-state index is 0.920. The van der Waals surface area contributed by atoms with Crippen molar-refractivity contribution in [2.75, 3.05) is 0 Å². The Morgan fingerprint density at radius 2 is 1.41 bits per heavy atom. The molecule has 0 fully saturated rings. The lowest BCUT2D eigenvalue weighted by Crippen LogP contribution is -1.87. The van der Waals surface area contributed by atoms with E-state index in [4.69, 9.17) is 4.98 Å². The molecule has 0 amide bonds. The number of benzene rings is 3. The standard InChI is InChI=1S/C19H11N3/c1-2-4-16-12(3-1)11-15-13-5-8-18-19(21-10-9-20-18)14(13)6-7-17(15)22-16/h1-11H. The Kier molecular flexibility index (Phi) is 2.22. The van der Waals surface area contributed by atoms with Gasteiger partial charge in [0.1, 0.15) is 0 Å². The summed E-state index contributed by atoms with van der Waals surface area (Å²) in [6.45, 7) is 0. The molecule has 5 rings (SSSR count). The third kappa shape index (κ3) is 1.53. The van der Waals surface area contributed by atoms with Gasteiger partial charge in [-0.2, -0.15) is 0 Å². The molecule has 2 heterocycles. The van der Waals surface area contributed by atoms with Crippen LogP contribution in [0.4, 0.5) is 0 Å². The Morgan fingerprint density at radius 3 is 2.41 bits per heavy atom. The molecule has 0 radical (unpaired) electrons. The van der Waals surface area contributed by atoms with Gasteiger partial charge in [0.25, 0.3) is 0 Å². The second-order valence-corrected chi connectivity index (χ2v) is 5.40. The Labute approximate surface area is 126 Å². The topological polar surface area (TPSA) is 38.7 Å². The van der Waals surface area contributed by atoms with Crippen molar-refractivity contribution < 1.29 is 0 Å². The van der Waals surface area contributed by atoms with Crippen molar-refractivity contribution in [3.63, 3.8) is 0 Å². The molecule has 0 bridgehead atoms. The van der Waals surface area contributed by atoms with E-state index < -0.39 is 0 Å². The van der Waals surface area contributed by atoms with E-state index in [0.29, 0.717) is 0 Å². The maximum absolute atomic E-state index is 4.77. The quantitative estimate of drug-likeness (QED) is 0.310. The predicted octanol–water partition coefficient (Wildman–Crippen LogP) is 4.48. The van der Waals surface area contributed by atoms with Gasteiger partial charge in [0.15, 0.2) is 0 Å². The van der Waals surface area contributed by atoms with Crippen molar-refractivity contribution in [1.29, 1.82) is 0 Å². The van der Waals surface area contributed by atoms with Gasteiger partial charge in [0.05, 0.1) is 22.1 Å². The summed E-state index contributed by atoms with van der Waals surface area (Å²) in [7, 11) is 0. The molecule has 102 valence electrons. The van der Waals surface area contributed by atoms with Crippen molar-refractivity contribution in [3.05, 3.63) is 67.0 Å². The summed E-state index contributed by atoms with van der Waals surface area (Å²) in [6, 6.07) is 18.7. The van der Waals surface area contributed by atoms with Gasteiger partial charge in [-0.15, -0.1) is 0 Å². The number of fused-ring (bicyclic) bond motifs is 6. The van der Waals surface area contributed by atoms with Crippen LogP contribution in [-0.4, -0.2) is 15.0 Å². The highest BCUT2D eigenvalue weighted by atomic mass is 14.8. The maximum Gasteiger partial charge on any atom is 0.0965 e. The van der Waals surface area contributed by atoms with Crippen LogP contribution in [0.25, 0.3) is 43.6 Å². The number of hydrogen-bond acceptors (Lipinski definition) is 3. The molecular weight excluding hydrogens is 270 g/mol. The lowest BCUT2D eigenvalue weighted by atomic mass is 10.0. The van der Waals surface area contributed by atoms with Gasteiger partial charge in [-0.1, -0.05) is 24.3 Å². The van der Waals surface area contributed by atoms with Crippen LogP contribution in [0.2, 0.25) is 0 Å². The first-order valence-electron chi connectivity index (χ1n) is 7.22. The number of pyridine rings is 1. The lowest BCUT2D eigenvalue weighted by molar-refractivity contribution is 1.30. The number of rotatable bonds is 0. The monoisotopic (exact) mass is 281 g/mol.